The van der Waals surface area contributed by atoms with Crippen molar-refractivity contribution < 1.29 is 27.2 Å². The monoisotopic (exact) mass is 430 g/mol. The molecule has 1 unspecified atom stereocenters. The topological polar surface area (TPSA) is 71.3 Å². The first-order valence-electron chi connectivity index (χ1n) is 9.60. The lowest BCUT2D eigenvalue weighted by molar-refractivity contribution is -0.137. The van der Waals surface area contributed by atoms with Gasteiger partial charge in [0.25, 0.3) is 5.91 Å². The largest absolute Gasteiger partial charge is 0.459 e. The van der Waals surface area contributed by atoms with E-state index in [1.54, 1.807) is 37.3 Å². The molecule has 0 saturated carbocycles. The van der Waals surface area contributed by atoms with Crippen LogP contribution in [-0.2, 0) is 17.5 Å². The van der Waals surface area contributed by atoms with Gasteiger partial charge in [-0.3, -0.25) is 9.59 Å². The summed E-state index contributed by atoms with van der Waals surface area (Å²) in [5.41, 5.74) is 1.29. The van der Waals surface area contributed by atoms with Crippen molar-refractivity contribution >= 4 is 17.5 Å². The minimum atomic E-state index is -4.38. The van der Waals surface area contributed by atoms with Gasteiger partial charge in [0.05, 0.1) is 11.8 Å². The van der Waals surface area contributed by atoms with Crippen molar-refractivity contribution in [3.8, 4) is 0 Å². The fraction of sp³-hybridized carbons (Fsp3) is 0.217. The van der Waals surface area contributed by atoms with Crippen LogP contribution in [0.3, 0.4) is 0 Å². The molecule has 5 nitrogen and oxygen atoms in total. The number of alkyl halides is 3. The number of nitrogens with one attached hydrogen (secondary N) is 2. The first-order chi connectivity index (χ1) is 14.7. The second-order valence-corrected chi connectivity index (χ2v) is 7.13. The van der Waals surface area contributed by atoms with Crippen LogP contribution in [0.15, 0.2) is 71.3 Å². The van der Waals surface area contributed by atoms with Gasteiger partial charge < -0.3 is 15.1 Å². The van der Waals surface area contributed by atoms with Crippen molar-refractivity contribution in [3.63, 3.8) is 0 Å². The Morgan fingerprint density at radius 1 is 1.03 bits per heavy atom. The van der Waals surface area contributed by atoms with Gasteiger partial charge in [0.2, 0.25) is 5.91 Å². The Morgan fingerprint density at radius 2 is 1.77 bits per heavy atom. The van der Waals surface area contributed by atoms with E-state index in [-0.39, 0.29) is 36.5 Å². The highest BCUT2D eigenvalue weighted by Gasteiger charge is 2.30. The molecule has 162 valence electrons. The maximum Gasteiger partial charge on any atom is 0.416 e. The van der Waals surface area contributed by atoms with Gasteiger partial charge in [-0.15, -0.1) is 0 Å². The van der Waals surface area contributed by atoms with Crippen molar-refractivity contribution in [3.05, 3.63) is 89.4 Å². The molecule has 31 heavy (non-hydrogen) atoms. The van der Waals surface area contributed by atoms with E-state index in [2.05, 4.69) is 10.6 Å². The molecule has 2 amide bonds. The van der Waals surface area contributed by atoms with Crippen LogP contribution in [-0.4, -0.2) is 11.8 Å². The van der Waals surface area contributed by atoms with Gasteiger partial charge in [0.1, 0.15) is 0 Å². The summed E-state index contributed by atoms with van der Waals surface area (Å²) < 4.78 is 43.1. The number of hydrogen-bond acceptors (Lipinski definition) is 3. The van der Waals surface area contributed by atoms with Gasteiger partial charge in [-0.25, -0.2) is 0 Å². The lowest BCUT2D eigenvalue weighted by atomic mass is 9.96. The van der Waals surface area contributed by atoms with Crippen molar-refractivity contribution in [1.82, 2.24) is 5.32 Å². The van der Waals surface area contributed by atoms with E-state index < -0.39 is 11.7 Å². The molecule has 0 aliphatic heterocycles. The molecular weight excluding hydrogens is 409 g/mol. The highest BCUT2D eigenvalue weighted by Crippen LogP contribution is 2.30. The molecule has 1 heterocycles. The Kier molecular flexibility index (Phi) is 6.79. The molecule has 0 radical (unpaired) electrons. The van der Waals surface area contributed by atoms with Crippen LogP contribution in [0.4, 0.5) is 18.9 Å². The van der Waals surface area contributed by atoms with E-state index in [4.69, 9.17) is 4.42 Å². The average Bonchev–Trinajstić information content (AvgIpc) is 3.27. The third-order valence-corrected chi connectivity index (χ3v) is 4.72. The zero-order chi connectivity index (χ0) is 22.4. The molecule has 0 saturated heterocycles. The minimum Gasteiger partial charge on any atom is -0.459 e. The number of benzene rings is 2. The fourth-order valence-corrected chi connectivity index (χ4v) is 3.03. The third-order valence-electron chi connectivity index (χ3n) is 4.72. The van der Waals surface area contributed by atoms with Crippen molar-refractivity contribution in [1.29, 1.82) is 0 Å². The maximum atomic E-state index is 12.7. The highest BCUT2D eigenvalue weighted by molar-refractivity contribution is 6.02. The zero-order valence-corrected chi connectivity index (χ0v) is 16.7. The van der Waals surface area contributed by atoms with Gasteiger partial charge in [-0.2, -0.15) is 13.2 Å². The van der Waals surface area contributed by atoms with E-state index in [1.807, 2.05) is 6.07 Å². The standard InChI is InChI=1S/C23H21F3N2O3/c1-15(17-7-9-18(10-8-17)23(24,25)26)12-21(29)27-14-16-4-2-5-19(13-16)28-22(30)20-6-3-11-31-20/h2-11,13,15H,12,14H2,1H3,(H,27,29)(H,28,30). The van der Waals surface area contributed by atoms with Crippen LogP contribution in [0.2, 0.25) is 0 Å². The van der Waals surface area contributed by atoms with E-state index in [0.29, 0.717) is 11.3 Å². The Labute approximate surface area is 177 Å². The van der Waals surface area contributed by atoms with Gasteiger partial charge in [0.15, 0.2) is 5.76 Å². The molecule has 3 rings (SSSR count). The summed E-state index contributed by atoms with van der Waals surface area (Å²) in [6.07, 6.45) is -2.84. The normalized spacial score (nSPS) is 12.3. The summed E-state index contributed by atoms with van der Waals surface area (Å²) in [6, 6.07) is 15.0. The molecule has 0 bridgehead atoms. The first-order valence-corrected chi connectivity index (χ1v) is 9.60. The number of furan rings is 1. The molecule has 2 aromatic carbocycles. The van der Waals surface area contributed by atoms with Crippen molar-refractivity contribution in [2.45, 2.75) is 32.0 Å². The summed E-state index contributed by atoms with van der Waals surface area (Å²) in [5, 5.41) is 5.51. The smallest absolute Gasteiger partial charge is 0.416 e. The number of carbonyl (C=O) groups is 2. The second kappa shape index (κ2) is 9.51. The average molecular weight is 430 g/mol. The van der Waals surface area contributed by atoms with E-state index in [1.165, 1.54) is 18.4 Å². The molecule has 1 atom stereocenters. The highest BCUT2D eigenvalue weighted by atomic mass is 19.4. The lowest BCUT2D eigenvalue weighted by Gasteiger charge is -2.14. The molecule has 1 aromatic heterocycles. The second-order valence-electron chi connectivity index (χ2n) is 7.13. The van der Waals surface area contributed by atoms with Gasteiger partial charge in [-0.05, 0) is 53.4 Å². The molecule has 0 aliphatic rings. The summed E-state index contributed by atoms with van der Waals surface area (Å²) >= 11 is 0. The molecular formula is C23H21F3N2O3. The summed E-state index contributed by atoms with van der Waals surface area (Å²) in [6.45, 7) is 2.04. The van der Waals surface area contributed by atoms with E-state index >= 15 is 0 Å². The Hall–Kier alpha value is -3.55. The number of anilines is 1. The molecule has 0 aliphatic carbocycles. The van der Waals surface area contributed by atoms with Crippen LogP contribution in [0.25, 0.3) is 0 Å². The van der Waals surface area contributed by atoms with Crippen LogP contribution in [0, 0.1) is 0 Å². The Bertz CT molecular complexity index is 1030. The molecule has 0 fully saturated rings. The third kappa shape index (κ3) is 6.21. The van der Waals surface area contributed by atoms with Gasteiger partial charge >= 0.3 is 6.18 Å². The number of halogens is 3. The zero-order valence-electron chi connectivity index (χ0n) is 16.7. The van der Waals surface area contributed by atoms with Crippen molar-refractivity contribution in [2.24, 2.45) is 0 Å². The van der Waals surface area contributed by atoms with Gasteiger partial charge in [-0.1, -0.05) is 31.2 Å². The van der Waals surface area contributed by atoms with Gasteiger partial charge in [0, 0.05) is 18.7 Å². The minimum absolute atomic E-state index is 0.139. The lowest BCUT2D eigenvalue weighted by Crippen LogP contribution is -2.24. The van der Waals surface area contributed by atoms with Crippen LogP contribution < -0.4 is 10.6 Å². The predicted octanol–water partition coefficient (Wildman–Crippen LogP) is 5.36. The van der Waals surface area contributed by atoms with Crippen LogP contribution >= 0.6 is 0 Å². The van der Waals surface area contributed by atoms with Crippen LogP contribution in [0.5, 0.6) is 0 Å². The van der Waals surface area contributed by atoms with E-state index in [0.717, 1.165) is 17.7 Å². The number of hydrogen-bond donors (Lipinski definition) is 2. The number of carbonyl (C=O) groups excluding carboxylic acids is 2. The van der Waals surface area contributed by atoms with Crippen molar-refractivity contribution in [2.75, 3.05) is 5.32 Å². The number of amides is 2. The SMILES string of the molecule is CC(CC(=O)NCc1cccc(NC(=O)c2ccco2)c1)c1ccc(C(F)(F)F)cc1. The Morgan fingerprint density at radius 3 is 2.42 bits per heavy atom. The molecule has 8 heteroatoms. The quantitative estimate of drug-likeness (QED) is 0.530. The summed E-state index contributed by atoms with van der Waals surface area (Å²) in [7, 11) is 0. The first kappa shape index (κ1) is 22.1. The van der Waals surface area contributed by atoms with E-state index in [9.17, 15) is 22.8 Å². The van der Waals surface area contributed by atoms with Crippen LogP contribution in [0.1, 0.15) is 46.5 Å². The molecule has 0 spiro atoms. The summed E-state index contributed by atoms with van der Waals surface area (Å²) in [5.74, 6) is -0.647. The fourth-order valence-electron chi connectivity index (χ4n) is 3.03. The number of rotatable bonds is 7. The predicted molar refractivity (Wildman–Crippen MR) is 109 cm³/mol. The summed E-state index contributed by atoms with van der Waals surface area (Å²) in [4.78, 5) is 24.3. The molecule has 3 aromatic rings. The maximum absolute atomic E-state index is 12.7. The Balaban J connectivity index is 1.51. The molecule has 2 N–H and O–H groups in total.